The molecule has 1 aliphatic rings. The van der Waals surface area contributed by atoms with Crippen LogP contribution in [0.2, 0.25) is 0 Å². The molecule has 0 spiro atoms. The van der Waals surface area contributed by atoms with Crippen molar-refractivity contribution in [1.82, 2.24) is 0 Å². The van der Waals surface area contributed by atoms with E-state index in [1.807, 2.05) is 0 Å². The molecule has 0 bridgehead atoms. The molecule has 0 unspecified atom stereocenters. The van der Waals surface area contributed by atoms with E-state index in [2.05, 4.69) is 89.8 Å². The van der Waals surface area contributed by atoms with Crippen LogP contribution in [0.15, 0.2) is 84.9 Å². The highest BCUT2D eigenvalue weighted by atomic mass is 15.2. The SMILES string of the molecule is c1ccc(CC[C@H]2c3ccccc3CCN2c2ccccc2)cc1. The van der Waals surface area contributed by atoms with Crippen LogP contribution >= 0.6 is 0 Å². The van der Waals surface area contributed by atoms with E-state index < -0.39 is 0 Å². The standard InChI is InChI=1S/C23H23N/c1-3-9-19(10-4-1)15-16-23-22-14-8-7-11-20(22)17-18-24(23)21-12-5-2-6-13-21/h1-14,23H,15-18H2/t23-/m0/s1. The Bertz CT molecular complexity index is 779. The molecule has 0 aromatic heterocycles. The van der Waals surface area contributed by atoms with Gasteiger partial charge in [-0.2, -0.15) is 0 Å². The Morgan fingerprint density at radius 1 is 0.750 bits per heavy atom. The normalized spacial score (nSPS) is 16.7. The largest absolute Gasteiger partial charge is 0.364 e. The van der Waals surface area contributed by atoms with Gasteiger partial charge in [-0.3, -0.25) is 0 Å². The molecule has 1 aliphatic heterocycles. The van der Waals surface area contributed by atoms with Gasteiger partial charge in [-0.05, 0) is 48.1 Å². The van der Waals surface area contributed by atoms with E-state index in [9.17, 15) is 0 Å². The van der Waals surface area contributed by atoms with Gasteiger partial charge in [0.15, 0.2) is 0 Å². The summed E-state index contributed by atoms with van der Waals surface area (Å²) in [5, 5.41) is 0. The van der Waals surface area contributed by atoms with Crippen LogP contribution in [0, 0.1) is 0 Å². The lowest BCUT2D eigenvalue weighted by atomic mass is 9.88. The second-order valence-corrected chi connectivity index (χ2v) is 6.52. The summed E-state index contributed by atoms with van der Waals surface area (Å²) in [4.78, 5) is 2.59. The topological polar surface area (TPSA) is 3.24 Å². The highest BCUT2D eigenvalue weighted by Gasteiger charge is 2.26. The van der Waals surface area contributed by atoms with Gasteiger partial charge in [0.2, 0.25) is 0 Å². The highest BCUT2D eigenvalue weighted by Crippen LogP contribution is 2.36. The zero-order valence-electron chi connectivity index (χ0n) is 13.9. The third kappa shape index (κ3) is 3.07. The van der Waals surface area contributed by atoms with Crippen LogP contribution in [0.25, 0.3) is 0 Å². The number of anilines is 1. The van der Waals surface area contributed by atoms with Crippen molar-refractivity contribution >= 4 is 5.69 Å². The Hall–Kier alpha value is -2.54. The molecular weight excluding hydrogens is 290 g/mol. The first kappa shape index (κ1) is 15.0. The third-order valence-electron chi connectivity index (χ3n) is 5.05. The first-order chi connectivity index (χ1) is 11.9. The number of para-hydroxylation sites is 1. The van der Waals surface area contributed by atoms with Crippen LogP contribution in [0.3, 0.4) is 0 Å². The number of nitrogens with zero attached hydrogens (tertiary/aromatic N) is 1. The first-order valence-corrected chi connectivity index (χ1v) is 8.85. The second kappa shape index (κ2) is 6.92. The highest BCUT2D eigenvalue weighted by molar-refractivity contribution is 5.52. The van der Waals surface area contributed by atoms with Crippen molar-refractivity contribution in [1.29, 1.82) is 0 Å². The maximum atomic E-state index is 2.59. The Morgan fingerprint density at radius 2 is 1.42 bits per heavy atom. The predicted molar refractivity (Wildman–Crippen MR) is 101 cm³/mol. The molecule has 3 aromatic rings. The minimum Gasteiger partial charge on any atom is -0.364 e. The van der Waals surface area contributed by atoms with Gasteiger partial charge in [-0.1, -0.05) is 72.8 Å². The molecule has 4 rings (SSSR count). The van der Waals surface area contributed by atoms with Crippen molar-refractivity contribution in [2.75, 3.05) is 11.4 Å². The average Bonchev–Trinajstić information content (AvgIpc) is 2.67. The van der Waals surface area contributed by atoms with Crippen LogP contribution in [0.1, 0.15) is 29.2 Å². The maximum Gasteiger partial charge on any atom is 0.0548 e. The number of aryl methyl sites for hydroxylation is 1. The number of hydrogen-bond acceptors (Lipinski definition) is 1. The summed E-state index contributed by atoms with van der Waals surface area (Å²) in [5.41, 5.74) is 5.78. The van der Waals surface area contributed by atoms with Crippen LogP contribution in [0.5, 0.6) is 0 Å². The summed E-state index contributed by atoms with van der Waals surface area (Å²) in [5.74, 6) is 0. The molecule has 1 heteroatoms. The quantitative estimate of drug-likeness (QED) is 0.621. The maximum absolute atomic E-state index is 2.59. The molecule has 24 heavy (non-hydrogen) atoms. The van der Waals surface area contributed by atoms with E-state index >= 15 is 0 Å². The molecule has 0 amide bonds. The number of benzene rings is 3. The van der Waals surface area contributed by atoms with E-state index in [1.165, 1.54) is 22.4 Å². The van der Waals surface area contributed by atoms with Gasteiger partial charge in [0.1, 0.15) is 0 Å². The van der Waals surface area contributed by atoms with Crippen molar-refractivity contribution in [3.05, 3.63) is 102 Å². The zero-order valence-corrected chi connectivity index (χ0v) is 13.9. The van der Waals surface area contributed by atoms with Gasteiger partial charge in [0, 0.05) is 12.2 Å². The van der Waals surface area contributed by atoms with Gasteiger partial charge in [-0.25, -0.2) is 0 Å². The summed E-state index contributed by atoms with van der Waals surface area (Å²) < 4.78 is 0. The van der Waals surface area contributed by atoms with E-state index in [0.717, 1.165) is 25.8 Å². The molecule has 0 fully saturated rings. The van der Waals surface area contributed by atoms with Gasteiger partial charge < -0.3 is 4.90 Å². The minimum absolute atomic E-state index is 0.456. The van der Waals surface area contributed by atoms with Crippen molar-refractivity contribution in [3.8, 4) is 0 Å². The molecule has 0 saturated heterocycles. The summed E-state index contributed by atoms with van der Waals surface area (Å²) in [6, 6.07) is 31.1. The Balaban J connectivity index is 1.64. The molecule has 0 radical (unpaired) electrons. The molecule has 1 heterocycles. The van der Waals surface area contributed by atoms with Crippen molar-refractivity contribution in [3.63, 3.8) is 0 Å². The summed E-state index contributed by atoms with van der Waals surface area (Å²) >= 11 is 0. The molecule has 0 saturated carbocycles. The molecule has 0 aliphatic carbocycles. The summed E-state index contributed by atoms with van der Waals surface area (Å²) in [6.45, 7) is 1.10. The molecule has 0 N–H and O–H groups in total. The smallest absolute Gasteiger partial charge is 0.0548 e. The lowest BCUT2D eigenvalue weighted by Gasteiger charge is -2.39. The van der Waals surface area contributed by atoms with E-state index in [-0.39, 0.29) is 0 Å². The predicted octanol–water partition coefficient (Wildman–Crippen LogP) is 5.42. The fourth-order valence-electron chi connectivity index (χ4n) is 3.84. The van der Waals surface area contributed by atoms with Crippen LogP contribution < -0.4 is 4.90 Å². The Morgan fingerprint density at radius 3 is 2.21 bits per heavy atom. The fraction of sp³-hybridized carbons (Fsp3) is 0.217. The lowest BCUT2D eigenvalue weighted by Crippen LogP contribution is -2.35. The Kier molecular flexibility index (Phi) is 4.33. The minimum atomic E-state index is 0.456. The van der Waals surface area contributed by atoms with Gasteiger partial charge in [-0.15, -0.1) is 0 Å². The van der Waals surface area contributed by atoms with E-state index in [4.69, 9.17) is 0 Å². The molecule has 1 nitrogen and oxygen atoms in total. The molecular formula is C23H23N. The Labute approximate surface area is 144 Å². The van der Waals surface area contributed by atoms with Crippen molar-refractivity contribution in [2.45, 2.75) is 25.3 Å². The zero-order chi connectivity index (χ0) is 16.2. The van der Waals surface area contributed by atoms with Gasteiger partial charge in [0.05, 0.1) is 6.04 Å². The lowest BCUT2D eigenvalue weighted by molar-refractivity contribution is 0.545. The van der Waals surface area contributed by atoms with Gasteiger partial charge >= 0.3 is 0 Å². The van der Waals surface area contributed by atoms with Crippen LogP contribution in [-0.4, -0.2) is 6.54 Å². The fourth-order valence-corrected chi connectivity index (χ4v) is 3.84. The molecule has 1 atom stereocenters. The number of rotatable bonds is 4. The summed E-state index contributed by atoms with van der Waals surface area (Å²) in [6.07, 6.45) is 3.39. The number of fused-ring (bicyclic) bond motifs is 1. The third-order valence-corrected chi connectivity index (χ3v) is 5.05. The second-order valence-electron chi connectivity index (χ2n) is 6.52. The van der Waals surface area contributed by atoms with Crippen molar-refractivity contribution in [2.24, 2.45) is 0 Å². The molecule has 120 valence electrons. The van der Waals surface area contributed by atoms with E-state index in [0.29, 0.717) is 6.04 Å². The first-order valence-electron chi connectivity index (χ1n) is 8.85. The van der Waals surface area contributed by atoms with Crippen LogP contribution in [-0.2, 0) is 12.8 Å². The summed E-state index contributed by atoms with van der Waals surface area (Å²) in [7, 11) is 0. The molecule has 3 aromatic carbocycles. The van der Waals surface area contributed by atoms with Crippen LogP contribution in [0.4, 0.5) is 5.69 Å². The monoisotopic (exact) mass is 313 g/mol. The van der Waals surface area contributed by atoms with Crippen molar-refractivity contribution < 1.29 is 0 Å². The van der Waals surface area contributed by atoms with Gasteiger partial charge in [0.25, 0.3) is 0 Å². The van der Waals surface area contributed by atoms with E-state index in [1.54, 1.807) is 0 Å². The average molecular weight is 313 g/mol. The number of hydrogen-bond donors (Lipinski definition) is 0.